The Morgan fingerprint density at radius 1 is 1.07 bits per heavy atom. The molecule has 0 unspecified atom stereocenters. The maximum atomic E-state index is 12.3. The van der Waals surface area contributed by atoms with Gasteiger partial charge in [0.1, 0.15) is 5.76 Å². The van der Waals surface area contributed by atoms with Gasteiger partial charge in [-0.05, 0) is 36.4 Å². The number of para-hydroxylation sites is 1. The van der Waals surface area contributed by atoms with Gasteiger partial charge in [-0.1, -0.05) is 6.07 Å². The molecule has 28 heavy (non-hydrogen) atoms. The van der Waals surface area contributed by atoms with Gasteiger partial charge in [0, 0.05) is 30.8 Å². The molecule has 0 fully saturated rings. The van der Waals surface area contributed by atoms with Crippen molar-refractivity contribution in [2.24, 2.45) is 0 Å². The summed E-state index contributed by atoms with van der Waals surface area (Å²) >= 11 is 0. The highest BCUT2D eigenvalue weighted by Gasteiger charge is 2.23. The normalized spacial score (nSPS) is 13.4. The number of furan rings is 1. The molecule has 1 aliphatic heterocycles. The van der Waals surface area contributed by atoms with Crippen molar-refractivity contribution in [3.05, 3.63) is 70.3 Å². The number of amides is 1. The summed E-state index contributed by atoms with van der Waals surface area (Å²) in [6.07, 6.45) is 0. The third-order valence-electron chi connectivity index (χ3n) is 4.82. The lowest BCUT2D eigenvalue weighted by Gasteiger charge is -2.05. The molecule has 1 N–H and O–H groups in total. The number of imidazole rings is 1. The minimum absolute atomic E-state index is 0.0282. The van der Waals surface area contributed by atoms with Gasteiger partial charge in [-0.2, -0.15) is 0 Å². The number of nitrogens with zero attached hydrogens (tertiary/aromatic N) is 3. The molecule has 1 aliphatic rings. The molecule has 5 rings (SSSR count). The van der Waals surface area contributed by atoms with E-state index in [0.29, 0.717) is 36.0 Å². The average Bonchev–Trinajstić information content (AvgIpc) is 3.28. The first-order chi connectivity index (χ1) is 13.6. The molecule has 0 saturated carbocycles. The topological polar surface area (TPSA) is 103 Å². The molecule has 0 atom stereocenters. The van der Waals surface area contributed by atoms with Crippen LogP contribution >= 0.6 is 0 Å². The van der Waals surface area contributed by atoms with E-state index in [9.17, 15) is 14.9 Å². The molecule has 3 heterocycles. The number of rotatable bonds is 3. The van der Waals surface area contributed by atoms with Gasteiger partial charge in [0.15, 0.2) is 11.6 Å². The molecule has 0 bridgehead atoms. The fourth-order valence-electron chi connectivity index (χ4n) is 3.51. The molecule has 0 aliphatic carbocycles. The quantitative estimate of drug-likeness (QED) is 0.436. The average molecular weight is 374 g/mol. The lowest BCUT2D eigenvalue weighted by molar-refractivity contribution is -0.384. The first-order valence-electron chi connectivity index (χ1n) is 8.74. The molecular weight excluding hydrogens is 360 g/mol. The summed E-state index contributed by atoms with van der Waals surface area (Å²) in [5.41, 5.74) is 2.89. The van der Waals surface area contributed by atoms with Crippen LogP contribution in [0.1, 0.15) is 10.4 Å². The molecule has 4 aromatic rings. The summed E-state index contributed by atoms with van der Waals surface area (Å²) in [6, 6.07) is 15.3. The smallest absolute Gasteiger partial charge is 0.269 e. The molecule has 2 aromatic heterocycles. The molecule has 138 valence electrons. The summed E-state index contributed by atoms with van der Waals surface area (Å²) in [6.45, 7) is 1.09. The largest absolute Gasteiger partial charge is 0.453 e. The first kappa shape index (κ1) is 16.2. The van der Waals surface area contributed by atoms with Crippen LogP contribution < -0.4 is 5.32 Å². The van der Waals surface area contributed by atoms with E-state index in [1.165, 1.54) is 12.1 Å². The minimum atomic E-state index is -0.436. The highest BCUT2D eigenvalue weighted by molar-refractivity contribution is 6.06. The van der Waals surface area contributed by atoms with Crippen LogP contribution in [0, 0.1) is 10.1 Å². The Morgan fingerprint density at radius 3 is 2.64 bits per heavy atom. The van der Waals surface area contributed by atoms with Crippen molar-refractivity contribution in [2.45, 2.75) is 6.54 Å². The Labute approximate surface area is 158 Å². The van der Waals surface area contributed by atoms with Crippen LogP contribution in [0.3, 0.4) is 0 Å². The summed E-state index contributed by atoms with van der Waals surface area (Å²) in [5, 5.41) is 13.7. The number of hydrogen-bond donors (Lipinski definition) is 1. The van der Waals surface area contributed by atoms with Gasteiger partial charge < -0.3 is 14.3 Å². The fourth-order valence-corrected chi connectivity index (χ4v) is 3.51. The van der Waals surface area contributed by atoms with Crippen molar-refractivity contribution in [3.8, 4) is 22.9 Å². The van der Waals surface area contributed by atoms with E-state index < -0.39 is 4.92 Å². The molecule has 8 nitrogen and oxygen atoms in total. The van der Waals surface area contributed by atoms with Crippen LogP contribution in [0.25, 0.3) is 33.9 Å². The number of nitrogens with one attached hydrogen (secondary N) is 1. The van der Waals surface area contributed by atoms with Crippen LogP contribution in [-0.4, -0.2) is 26.9 Å². The van der Waals surface area contributed by atoms with Gasteiger partial charge in [0.05, 0.1) is 21.5 Å². The number of nitro groups is 1. The van der Waals surface area contributed by atoms with Gasteiger partial charge in [-0.15, -0.1) is 0 Å². The molecule has 2 aromatic carbocycles. The Morgan fingerprint density at radius 2 is 1.86 bits per heavy atom. The van der Waals surface area contributed by atoms with E-state index in [-0.39, 0.29) is 11.6 Å². The predicted octanol–water partition coefficient (Wildman–Crippen LogP) is 3.61. The number of hydrogen-bond acceptors (Lipinski definition) is 5. The highest BCUT2D eigenvalue weighted by atomic mass is 16.6. The Balaban J connectivity index is 1.60. The van der Waals surface area contributed by atoms with Crippen LogP contribution in [0.2, 0.25) is 0 Å². The molecule has 0 saturated heterocycles. The SMILES string of the molecule is O=C1NCCn2c(-c3ccc(-c4ccc([N+](=O)[O-])cc4)o3)nc3cccc1c32. The minimum Gasteiger partial charge on any atom is -0.453 e. The lowest BCUT2D eigenvalue weighted by Crippen LogP contribution is -2.24. The number of nitro benzene ring substituents is 1. The van der Waals surface area contributed by atoms with Crippen molar-refractivity contribution in [3.63, 3.8) is 0 Å². The summed E-state index contributed by atoms with van der Waals surface area (Å²) < 4.78 is 7.99. The maximum Gasteiger partial charge on any atom is 0.269 e. The summed E-state index contributed by atoms with van der Waals surface area (Å²) in [7, 11) is 0. The van der Waals surface area contributed by atoms with Crippen molar-refractivity contribution >= 4 is 22.6 Å². The second-order valence-corrected chi connectivity index (χ2v) is 6.48. The van der Waals surface area contributed by atoms with Crippen molar-refractivity contribution in [1.29, 1.82) is 0 Å². The van der Waals surface area contributed by atoms with E-state index in [2.05, 4.69) is 10.3 Å². The van der Waals surface area contributed by atoms with Gasteiger partial charge in [-0.25, -0.2) is 4.98 Å². The van der Waals surface area contributed by atoms with Crippen molar-refractivity contribution < 1.29 is 14.1 Å². The zero-order valence-electron chi connectivity index (χ0n) is 14.6. The Kier molecular flexibility index (Phi) is 3.51. The fraction of sp³-hybridized carbons (Fsp3) is 0.100. The van der Waals surface area contributed by atoms with Gasteiger partial charge in [0.2, 0.25) is 0 Å². The number of non-ortho nitro benzene ring substituents is 1. The van der Waals surface area contributed by atoms with E-state index >= 15 is 0 Å². The van der Waals surface area contributed by atoms with Crippen molar-refractivity contribution in [2.75, 3.05) is 6.54 Å². The second-order valence-electron chi connectivity index (χ2n) is 6.48. The van der Waals surface area contributed by atoms with Gasteiger partial charge >= 0.3 is 0 Å². The van der Waals surface area contributed by atoms with E-state index in [1.54, 1.807) is 18.2 Å². The Hall–Kier alpha value is -3.94. The van der Waals surface area contributed by atoms with Gasteiger partial charge in [-0.3, -0.25) is 14.9 Å². The first-order valence-corrected chi connectivity index (χ1v) is 8.74. The number of carbonyl (C=O) groups is 1. The van der Waals surface area contributed by atoms with Gasteiger partial charge in [0.25, 0.3) is 11.6 Å². The molecule has 0 spiro atoms. The van der Waals surface area contributed by atoms with Crippen LogP contribution in [0.5, 0.6) is 0 Å². The molecule has 8 heteroatoms. The molecular formula is C20H14N4O4. The molecule has 1 amide bonds. The van der Waals surface area contributed by atoms with Crippen LogP contribution in [-0.2, 0) is 6.54 Å². The van der Waals surface area contributed by atoms with E-state index in [0.717, 1.165) is 16.6 Å². The maximum absolute atomic E-state index is 12.3. The number of aromatic nitrogens is 2. The second kappa shape index (κ2) is 6.05. The van der Waals surface area contributed by atoms with Crippen molar-refractivity contribution in [1.82, 2.24) is 14.9 Å². The third kappa shape index (κ3) is 2.46. The zero-order chi connectivity index (χ0) is 19.3. The van der Waals surface area contributed by atoms with E-state index in [1.807, 2.05) is 28.8 Å². The Bertz CT molecular complexity index is 1240. The van der Waals surface area contributed by atoms with Crippen LogP contribution in [0.4, 0.5) is 5.69 Å². The van der Waals surface area contributed by atoms with E-state index in [4.69, 9.17) is 4.42 Å². The summed E-state index contributed by atoms with van der Waals surface area (Å²) in [4.78, 5) is 27.3. The molecule has 0 radical (unpaired) electrons. The highest BCUT2D eigenvalue weighted by Crippen LogP contribution is 2.32. The van der Waals surface area contributed by atoms with Crippen LogP contribution in [0.15, 0.2) is 59.0 Å². The third-order valence-corrected chi connectivity index (χ3v) is 4.82. The monoisotopic (exact) mass is 374 g/mol. The number of benzene rings is 2. The summed E-state index contributed by atoms with van der Waals surface area (Å²) in [5.74, 6) is 1.70. The lowest BCUT2D eigenvalue weighted by atomic mass is 10.1. The number of carbonyl (C=O) groups excluding carboxylic acids is 1. The standard InChI is InChI=1S/C20H14N4O4/c25-20-14-2-1-3-15-18(14)23(11-10-21-20)19(22-15)17-9-8-16(28-17)12-4-6-13(7-5-12)24(26)27/h1-9H,10-11H2,(H,21,25). The zero-order valence-corrected chi connectivity index (χ0v) is 14.6. The predicted molar refractivity (Wildman–Crippen MR) is 102 cm³/mol.